The molecule has 0 bridgehead atoms. The number of carbonyl (C=O) groups is 1. The number of benzene rings is 1. The number of carbonyl (C=O) groups excluding carboxylic acids is 1. The van der Waals surface area contributed by atoms with Gasteiger partial charge < -0.3 is 14.9 Å². The van der Waals surface area contributed by atoms with Crippen LogP contribution in [0.25, 0.3) is 0 Å². The highest BCUT2D eigenvalue weighted by atomic mass is 32.2. The number of sulfone groups is 1. The molecule has 0 saturated carbocycles. The van der Waals surface area contributed by atoms with Gasteiger partial charge in [-0.25, -0.2) is 8.42 Å². The second kappa shape index (κ2) is 7.53. The van der Waals surface area contributed by atoms with E-state index >= 15 is 0 Å². The van der Waals surface area contributed by atoms with Gasteiger partial charge in [0.15, 0.2) is 9.84 Å². The van der Waals surface area contributed by atoms with Gasteiger partial charge in [0, 0.05) is 6.26 Å². The molecule has 0 amide bonds. The Morgan fingerprint density at radius 2 is 1.90 bits per heavy atom. The summed E-state index contributed by atoms with van der Waals surface area (Å²) < 4.78 is 27.5. The van der Waals surface area contributed by atoms with Crippen LogP contribution in [0.5, 0.6) is 0 Å². The van der Waals surface area contributed by atoms with Crippen LogP contribution in [0.1, 0.15) is 30.6 Å². The number of aliphatic hydroxyl groups excluding tert-OH is 2. The number of ether oxygens (including phenoxy) is 1. The van der Waals surface area contributed by atoms with Crippen LogP contribution in [0.15, 0.2) is 24.3 Å². The lowest BCUT2D eigenvalue weighted by molar-refractivity contribution is -0.147. The summed E-state index contributed by atoms with van der Waals surface area (Å²) in [5.74, 6) is -0.864. The fourth-order valence-corrected chi connectivity index (χ4v) is 2.77. The van der Waals surface area contributed by atoms with Crippen LogP contribution in [0.2, 0.25) is 0 Å². The van der Waals surface area contributed by atoms with Crippen molar-refractivity contribution in [2.24, 2.45) is 0 Å². The van der Waals surface area contributed by atoms with Crippen LogP contribution in [-0.2, 0) is 25.1 Å². The summed E-state index contributed by atoms with van der Waals surface area (Å²) in [5, 5.41) is 20.0. The number of hydrogen-bond acceptors (Lipinski definition) is 6. The molecule has 0 aliphatic carbocycles. The molecule has 2 atom stereocenters. The molecule has 0 radical (unpaired) electrons. The van der Waals surface area contributed by atoms with E-state index in [-0.39, 0.29) is 18.8 Å². The van der Waals surface area contributed by atoms with Gasteiger partial charge in [0.05, 0.1) is 24.9 Å². The molecule has 21 heavy (non-hydrogen) atoms. The normalized spacial score (nSPS) is 14.5. The monoisotopic (exact) mass is 316 g/mol. The molecular formula is C14H20O6S. The summed E-state index contributed by atoms with van der Waals surface area (Å²) in [5.41, 5.74) is 0.690. The first-order valence-electron chi connectivity index (χ1n) is 6.52. The standard InChI is InChI=1S/C14H20O6S/c1-3-20-13(16)8-12(15)14(17)11-7-5-4-6-10(11)9-21(2,18)19/h4-7,12,14-15,17H,3,8-9H2,1-2H3. The average molecular weight is 316 g/mol. The summed E-state index contributed by atoms with van der Waals surface area (Å²) in [6.07, 6.45) is -1.98. The van der Waals surface area contributed by atoms with E-state index in [2.05, 4.69) is 0 Å². The van der Waals surface area contributed by atoms with Gasteiger partial charge in [-0.1, -0.05) is 24.3 Å². The van der Waals surface area contributed by atoms with Crippen molar-refractivity contribution in [2.45, 2.75) is 31.3 Å². The molecule has 6 nitrogen and oxygen atoms in total. The minimum atomic E-state index is -3.27. The maximum absolute atomic E-state index is 11.4. The Morgan fingerprint density at radius 3 is 2.48 bits per heavy atom. The Kier molecular flexibility index (Phi) is 6.32. The minimum absolute atomic E-state index is 0.187. The summed E-state index contributed by atoms with van der Waals surface area (Å²) in [7, 11) is -3.27. The first kappa shape index (κ1) is 17.6. The maximum atomic E-state index is 11.4. The van der Waals surface area contributed by atoms with Crippen molar-refractivity contribution in [3.8, 4) is 0 Å². The van der Waals surface area contributed by atoms with Gasteiger partial charge in [-0.3, -0.25) is 4.79 Å². The lowest BCUT2D eigenvalue weighted by atomic mass is 9.98. The lowest BCUT2D eigenvalue weighted by Crippen LogP contribution is -2.24. The van der Waals surface area contributed by atoms with Gasteiger partial charge in [-0.15, -0.1) is 0 Å². The van der Waals surface area contributed by atoms with Crippen molar-refractivity contribution in [1.82, 2.24) is 0 Å². The highest BCUT2D eigenvalue weighted by molar-refractivity contribution is 7.89. The molecule has 0 fully saturated rings. The van der Waals surface area contributed by atoms with E-state index in [1.807, 2.05) is 0 Å². The van der Waals surface area contributed by atoms with E-state index in [4.69, 9.17) is 4.74 Å². The number of rotatable bonds is 7. The topological polar surface area (TPSA) is 101 Å². The molecule has 2 unspecified atom stereocenters. The smallest absolute Gasteiger partial charge is 0.308 e. The Hall–Kier alpha value is -1.44. The van der Waals surface area contributed by atoms with E-state index < -0.39 is 28.0 Å². The van der Waals surface area contributed by atoms with Crippen molar-refractivity contribution in [3.05, 3.63) is 35.4 Å². The third-order valence-corrected chi connectivity index (χ3v) is 3.67. The molecule has 7 heteroatoms. The van der Waals surface area contributed by atoms with E-state index in [1.165, 1.54) is 6.07 Å². The molecule has 118 valence electrons. The first-order valence-corrected chi connectivity index (χ1v) is 8.58. The highest BCUT2D eigenvalue weighted by Gasteiger charge is 2.24. The van der Waals surface area contributed by atoms with E-state index in [1.54, 1.807) is 25.1 Å². The zero-order valence-electron chi connectivity index (χ0n) is 12.0. The lowest BCUT2D eigenvalue weighted by Gasteiger charge is -2.20. The van der Waals surface area contributed by atoms with Crippen molar-refractivity contribution in [3.63, 3.8) is 0 Å². The van der Waals surface area contributed by atoms with Gasteiger partial charge >= 0.3 is 5.97 Å². The van der Waals surface area contributed by atoms with Crippen LogP contribution in [0, 0.1) is 0 Å². The van der Waals surface area contributed by atoms with Crippen LogP contribution >= 0.6 is 0 Å². The zero-order chi connectivity index (χ0) is 16.0. The Balaban J connectivity index is 2.91. The molecule has 0 saturated heterocycles. The number of esters is 1. The third kappa shape index (κ3) is 5.82. The molecule has 2 N–H and O–H groups in total. The van der Waals surface area contributed by atoms with Crippen molar-refractivity contribution in [2.75, 3.05) is 12.9 Å². The summed E-state index contributed by atoms with van der Waals surface area (Å²) in [6, 6.07) is 6.37. The molecule has 1 rings (SSSR count). The Morgan fingerprint density at radius 1 is 1.29 bits per heavy atom. The quantitative estimate of drug-likeness (QED) is 0.714. The van der Waals surface area contributed by atoms with Gasteiger partial charge in [-0.05, 0) is 18.1 Å². The molecular weight excluding hydrogens is 296 g/mol. The van der Waals surface area contributed by atoms with Gasteiger partial charge in [-0.2, -0.15) is 0 Å². The third-order valence-electron chi connectivity index (χ3n) is 2.84. The molecule has 0 aliphatic heterocycles. The fourth-order valence-electron chi connectivity index (χ4n) is 1.95. The predicted octanol–water partition coefficient (Wildman–Crippen LogP) is 0.579. The van der Waals surface area contributed by atoms with Crippen LogP contribution in [-0.4, -0.2) is 43.6 Å². The number of hydrogen-bond donors (Lipinski definition) is 2. The molecule has 1 aromatic rings. The Bertz CT molecular complexity index is 581. The van der Waals surface area contributed by atoms with Crippen molar-refractivity contribution < 1.29 is 28.2 Å². The molecule has 1 aromatic carbocycles. The summed E-state index contributed by atoms with van der Waals surface area (Å²) in [6.45, 7) is 1.83. The summed E-state index contributed by atoms with van der Waals surface area (Å²) >= 11 is 0. The second-order valence-corrected chi connectivity index (χ2v) is 6.93. The van der Waals surface area contributed by atoms with E-state index in [0.717, 1.165) is 6.26 Å². The Labute approximate surface area is 124 Å². The molecule has 0 aromatic heterocycles. The summed E-state index contributed by atoms with van der Waals surface area (Å²) in [4.78, 5) is 11.3. The first-order chi connectivity index (χ1) is 9.74. The maximum Gasteiger partial charge on any atom is 0.308 e. The van der Waals surface area contributed by atoms with Gasteiger partial charge in [0.2, 0.25) is 0 Å². The van der Waals surface area contributed by atoms with E-state index in [0.29, 0.717) is 11.1 Å². The average Bonchev–Trinajstić information content (AvgIpc) is 2.36. The van der Waals surface area contributed by atoms with Crippen LogP contribution < -0.4 is 0 Å². The predicted molar refractivity (Wildman–Crippen MR) is 77.2 cm³/mol. The second-order valence-electron chi connectivity index (χ2n) is 4.79. The molecule has 0 spiro atoms. The van der Waals surface area contributed by atoms with Crippen LogP contribution in [0.4, 0.5) is 0 Å². The molecule has 0 heterocycles. The van der Waals surface area contributed by atoms with Gasteiger partial charge in [0.1, 0.15) is 6.10 Å². The van der Waals surface area contributed by atoms with E-state index in [9.17, 15) is 23.4 Å². The number of aliphatic hydroxyl groups is 2. The largest absolute Gasteiger partial charge is 0.466 e. The highest BCUT2D eigenvalue weighted by Crippen LogP contribution is 2.24. The van der Waals surface area contributed by atoms with Crippen LogP contribution in [0.3, 0.4) is 0 Å². The van der Waals surface area contributed by atoms with Gasteiger partial charge in [0.25, 0.3) is 0 Å². The molecule has 0 aliphatic rings. The van der Waals surface area contributed by atoms with Crippen molar-refractivity contribution in [1.29, 1.82) is 0 Å². The fraction of sp³-hybridized carbons (Fsp3) is 0.500. The zero-order valence-corrected chi connectivity index (χ0v) is 12.8. The van der Waals surface area contributed by atoms with Crippen molar-refractivity contribution >= 4 is 15.8 Å². The minimum Gasteiger partial charge on any atom is -0.466 e. The SMILES string of the molecule is CCOC(=O)CC(O)C(O)c1ccccc1CS(C)(=O)=O.